The average molecular weight is 302 g/mol. The number of benzene rings is 1. The van der Waals surface area contributed by atoms with Crippen LogP contribution in [0.25, 0.3) is 0 Å². The van der Waals surface area contributed by atoms with E-state index in [1.165, 1.54) is 6.07 Å². The molecular formula is C16H19FN4O. The molecule has 1 atom stereocenters. The van der Waals surface area contributed by atoms with Gasteiger partial charge in [-0.3, -0.25) is 4.79 Å². The summed E-state index contributed by atoms with van der Waals surface area (Å²) >= 11 is 0. The zero-order valence-electron chi connectivity index (χ0n) is 12.4. The molecule has 1 amide bonds. The Bertz CT molecular complexity index is 606. The van der Waals surface area contributed by atoms with Crippen molar-refractivity contribution in [2.75, 3.05) is 11.9 Å². The van der Waals surface area contributed by atoms with E-state index < -0.39 is 0 Å². The number of hydrogen-bond acceptors (Lipinski definition) is 4. The van der Waals surface area contributed by atoms with Crippen molar-refractivity contribution in [1.82, 2.24) is 15.3 Å². The van der Waals surface area contributed by atoms with Crippen molar-refractivity contribution in [2.45, 2.75) is 25.8 Å². The molecule has 0 saturated heterocycles. The summed E-state index contributed by atoms with van der Waals surface area (Å²) in [7, 11) is 0. The molecule has 0 bridgehead atoms. The van der Waals surface area contributed by atoms with Crippen LogP contribution in [-0.2, 0) is 4.79 Å². The average Bonchev–Trinajstić information content (AvgIpc) is 2.53. The van der Waals surface area contributed by atoms with Crippen molar-refractivity contribution in [3.8, 4) is 0 Å². The van der Waals surface area contributed by atoms with Gasteiger partial charge >= 0.3 is 0 Å². The maximum absolute atomic E-state index is 13.6. The lowest BCUT2D eigenvalue weighted by Gasteiger charge is -2.15. The Kier molecular flexibility index (Phi) is 5.82. The fourth-order valence-electron chi connectivity index (χ4n) is 2.06. The van der Waals surface area contributed by atoms with Crippen LogP contribution in [0.15, 0.2) is 42.7 Å². The molecule has 1 aromatic heterocycles. The van der Waals surface area contributed by atoms with Gasteiger partial charge in [-0.25, -0.2) is 14.4 Å². The first-order valence-electron chi connectivity index (χ1n) is 7.21. The molecule has 22 heavy (non-hydrogen) atoms. The summed E-state index contributed by atoms with van der Waals surface area (Å²) in [6.45, 7) is 2.37. The first-order chi connectivity index (χ1) is 10.7. The molecule has 0 spiro atoms. The van der Waals surface area contributed by atoms with Crippen LogP contribution in [-0.4, -0.2) is 22.4 Å². The number of rotatable bonds is 7. The van der Waals surface area contributed by atoms with Crippen molar-refractivity contribution in [3.05, 3.63) is 54.1 Å². The standard InChI is InChI=1S/C16H19FN4O/c1-12(13-6-2-3-7-14(13)17)21-15(22)8-4-9-18-16-19-10-5-11-20-16/h2-3,5-7,10-12H,4,8-9H2,1H3,(H,21,22)(H,18,19,20). The van der Waals surface area contributed by atoms with Crippen LogP contribution in [0.2, 0.25) is 0 Å². The van der Waals surface area contributed by atoms with Gasteiger partial charge in [0.05, 0.1) is 6.04 Å². The van der Waals surface area contributed by atoms with Gasteiger partial charge in [0.25, 0.3) is 0 Å². The molecule has 0 fully saturated rings. The van der Waals surface area contributed by atoms with E-state index in [1.54, 1.807) is 43.6 Å². The molecule has 5 nitrogen and oxygen atoms in total. The van der Waals surface area contributed by atoms with Crippen LogP contribution >= 0.6 is 0 Å². The highest BCUT2D eigenvalue weighted by molar-refractivity contribution is 5.76. The third kappa shape index (κ3) is 4.80. The molecule has 0 radical (unpaired) electrons. The molecule has 0 aliphatic carbocycles. The Labute approximate surface area is 129 Å². The topological polar surface area (TPSA) is 66.9 Å². The first-order valence-corrected chi connectivity index (χ1v) is 7.21. The largest absolute Gasteiger partial charge is 0.354 e. The van der Waals surface area contributed by atoms with Gasteiger partial charge in [-0.1, -0.05) is 18.2 Å². The Hall–Kier alpha value is -2.50. The number of carbonyl (C=O) groups excluding carboxylic acids is 1. The molecule has 2 N–H and O–H groups in total. The van der Waals surface area contributed by atoms with Gasteiger partial charge in [0, 0.05) is 30.9 Å². The van der Waals surface area contributed by atoms with E-state index in [4.69, 9.17) is 0 Å². The van der Waals surface area contributed by atoms with E-state index in [0.29, 0.717) is 30.9 Å². The number of halogens is 1. The van der Waals surface area contributed by atoms with Gasteiger partial charge in [0.2, 0.25) is 11.9 Å². The fraction of sp³-hybridized carbons (Fsp3) is 0.312. The molecule has 2 aromatic rings. The highest BCUT2D eigenvalue weighted by atomic mass is 19.1. The van der Waals surface area contributed by atoms with E-state index in [-0.39, 0.29) is 17.8 Å². The van der Waals surface area contributed by atoms with Crippen LogP contribution in [0, 0.1) is 5.82 Å². The predicted molar refractivity (Wildman–Crippen MR) is 82.7 cm³/mol. The Balaban J connectivity index is 1.71. The highest BCUT2D eigenvalue weighted by Gasteiger charge is 2.12. The number of amides is 1. The predicted octanol–water partition coefficient (Wildman–Crippen LogP) is 2.69. The molecule has 0 aliphatic heterocycles. The van der Waals surface area contributed by atoms with Gasteiger partial charge in [-0.2, -0.15) is 0 Å². The van der Waals surface area contributed by atoms with Gasteiger partial charge in [-0.15, -0.1) is 0 Å². The molecule has 1 heterocycles. The summed E-state index contributed by atoms with van der Waals surface area (Å²) in [5.74, 6) is 0.132. The number of nitrogens with zero attached hydrogens (tertiary/aromatic N) is 2. The van der Waals surface area contributed by atoms with Crippen LogP contribution in [0.3, 0.4) is 0 Å². The third-order valence-electron chi connectivity index (χ3n) is 3.18. The maximum atomic E-state index is 13.6. The van der Waals surface area contributed by atoms with Crippen LogP contribution in [0.5, 0.6) is 0 Å². The summed E-state index contributed by atoms with van der Waals surface area (Å²) in [5.41, 5.74) is 0.492. The first kappa shape index (κ1) is 15.9. The summed E-state index contributed by atoms with van der Waals surface area (Å²) in [6, 6.07) is 7.84. The third-order valence-corrected chi connectivity index (χ3v) is 3.18. The van der Waals surface area contributed by atoms with Gasteiger partial charge in [0.1, 0.15) is 5.82 Å². The molecule has 116 valence electrons. The Morgan fingerprint density at radius 2 is 1.95 bits per heavy atom. The van der Waals surface area contributed by atoms with E-state index in [9.17, 15) is 9.18 Å². The lowest BCUT2D eigenvalue weighted by atomic mass is 10.1. The van der Waals surface area contributed by atoms with Crippen LogP contribution in [0.1, 0.15) is 31.4 Å². The number of nitrogens with one attached hydrogen (secondary N) is 2. The summed E-state index contributed by atoms with van der Waals surface area (Å²) in [5, 5.41) is 5.83. The minimum absolute atomic E-state index is 0.105. The molecular weight excluding hydrogens is 283 g/mol. The number of anilines is 1. The summed E-state index contributed by atoms with van der Waals surface area (Å²) in [4.78, 5) is 19.9. The number of carbonyl (C=O) groups is 1. The van der Waals surface area contributed by atoms with Crippen molar-refractivity contribution in [1.29, 1.82) is 0 Å². The monoisotopic (exact) mass is 302 g/mol. The summed E-state index contributed by atoms with van der Waals surface area (Å²) < 4.78 is 13.6. The quantitative estimate of drug-likeness (QED) is 0.772. The number of hydrogen-bond donors (Lipinski definition) is 2. The lowest BCUT2D eigenvalue weighted by Crippen LogP contribution is -2.27. The zero-order valence-corrected chi connectivity index (χ0v) is 12.4. The maximum Gasteiger partial charge on any atom is 0.222 e. The molecule has 1 unspecified atom stereocenters. The van der Waals surface area contributed by atoms with E-state index in [2.05, 4.69) is 20.6 Å². The second kappa shape index (κ2) is 8.07. The van der Waals surface area contributed by atoms with Crippen molar-refractivity contribution in [2.24, 2.45) is 0 Å². The van der Waals surface area contributed by atoms with Gasteiger partial charge < -0.3 is 10.6 Å². The smallest absolute Gasteiger partial charge is 0.222 e. The molecule has 2 rings (SSSR count). The van der Waals surface area contributed by atoms with Gasteiger partial charge in [-0.05, 0) is 25.5 Å². The fourth-order valence-corrected chi connectivity index (χ4v) is 2.06. The Morgan fingerprint density at radius 1 is 1.23 bits per heavy atom. The van der Waals surface area contributed by atoms with Crippen molar-refractivity contribution < 1.29 is 9.18 Å². The molecule has 1 aromatic carbocycles. The van der Waals surface area contributed by atoms with Crippen LogP contribution < -0.4 is 10.6 Å². The van der Waals surface area contributed by atoms with E-state index in [0.717, 1.165) is 0 Å². The minimum atomic E-state index is -0.348. The van der Waals surface area contributed by atoms with E-state index >= 15 is 0 Å². The minimum Gasteiger partial charge on any atom is -0.354 e. The highest BCUT2D eigenvalue weighted by Crippen LogP contribution is 2.16. The van der Waals surface area contributed by atoms with Gasteiger partial charge in [0.15, 0.2) is 0 Å². The van der Waals surface area contributed by atoms with E-state index in [1.807, 2.05) is 0 Å². The van der Waals surface area contributed by atoms with Crippen molar-refractivity contribution >= 4 is 11.9 Å². The van der Waals surface area contributed by atoms with Crippen molar-refractivity contribution in [3.63, 3.8) is 0 Å². The second-order valence-electron chi connectivity index (χ2n) is 4.91. The lowest BCUT2D eigenvalue weighted by molar-refractivity contribution is -0.121. The Morgan fingerprint density at radius 3 is 2.68 bits per heavy atom. The van der Waals surface area contributed by atoms with Crippen LogP contribution in [0.4, 0.5) is 10.3 Å². The molecule has 0 saturated carbocycles. The molecule has 0 aliphatic rings. The SMILES string of the molecule is CC(NC(=O)CCCNc1ncccn1)c1ccccc1F. The second-order valence-corrected chi connectivity index (χ2v) is 4.91. The summed E-state index contributed by atoms with van der Waals surface area (Å²) in [6.07, 6.45) is 4.31. The zero-order chi connectivity index (χ0) is 15.8. The molecule has 6 heteroatoms. The normalized spacial score (nSPS) is 11.7. The number of aromatic nitrogens is 2.